The fourth-order valence-corrected chi connectivity index (χ4v) is 2.21. The first-order valence-electron chi connectivity index (χ1n) is 7.72. The largest absolute Gasteiger partial charge is 0.465 e. The van der Waals surface area contributed by atoms with E-state index in [9.17, 15) is 9.59 Å². The van der Waals surface area contributed by atoms with Gasteiger partial charge in [0, 0.05) is 11.3 Å². The number of aryl methyl sites for hydroxylation is 1. The second-order valence-electron chi connectivity index (χ2n) is 5.32. The zero-order valence-electron chi connectivity index (χ0n) is 13.5. The molecule has 0 atom stereocenters. The van der Waals surface area contributed by atoms with Crippen molar-refractivity contribution >= 4 is 17.6 Å². The van der Waals surface area contributed by atoms with Gasteiger partial charge in [-0.25, -0.2) is 4.79 Å². The lowest BCUT2D eigenvalue weighted by Crippen LogP contribution is -2.12. The Labute approximate surface area is 136 Å². The molecule has 0 aromatic heterocycles. The van der Waals surface area contributed by atoms with E-state index in [1.54, 1.807) is 24.3 Å². The van der Waals surface area contributed by atoms with E-state index < -0.39 is 5.97 Å². The highest BCUT2D eigenvalue weighted by Crippen LogP contribution is 2.13. The molecule has 0 bridgehead atoms. The number of nitrogens with one attached hydrogen (secondary N) is 1. The number of carbonyl (C=O) groups is 2. The normalized spacial score (nSPS) is 10.2. The van der Waals surface area contributed by atoms with Crippen LogP contribution < -0.4 is 5.32 Å². The third-order valence-corrected chi connectivity index (χ3v) is 3.60. The molecule has 4 heteroatoms. The van der Waals surface area contributed by atoms with E-state index in [2.05, 4.69) is 17.0 Å². The quantitative estimate of drug-likeness (QED) is 0.818. The minimum absolute atomic E-state index is 0.169. The molecule has 2 rings (SSSR count). The third-order valence-electron chi connectivity index (χ3n) is 3.60. The molecule has 2 aromatic rings. The minimum Gasteiger partial charge on any atom is -0.465 e. The van der Waals surface area contributed by atoms with E-state index in [4.69, 9.17) is 0 Å². The molecular formula is C19H21NO3. The molecule has 4 nitrogen and oxygen atoms in total. The van der Waals surface area contributed by atoms with E-state index in [1.807, 2.05) is 24.3 Å². The van der Waals surface area contributed by atoms with E-state index in [-0.39, 0.29) is 5.91 Å². The number of unbranched alkanes of at least 4 members (excludes halogenated alkanes) is 1. The molecule has 0 radical (unpaired) electrons. The van der Waals surface area contributed by atoms with Gasteiger partial charge in [0.25, 0.3) is 5.91 Å². The number of amides is 1. The monoisotopic (exact) mass is 311 g/mol. The number of carbonyl (C=O) groups excluding carboxylic acids is 2. The van der Waals surface area contributed by atoms with Crippen molar-refractivity contribution < 1.29 is 14.3 Å². The van der Waals surface area contributed by atoms with Crippen molar-refractivity contribution in [2.45, 2.75) is 26.2 Å². The van der Waals surface area contributed by atoms with Crippen LogP contribution in [0.1, 0.15) is 46.0 Å². The Kier molecular flexibility index (Phi) is 5.92. The Hall–Kier alpha value is -2.62. The van der Waals surface area contributed by atoms with Crippen LogP contribution >= 0.6 is 0 Å². The lowest BCUT2D eigenvalue weighted by molar-refractivity contribution is 0.0600. The summed E-state index contributed by atoms with van der Waals surface area (Å²) in [4.78, 5) is 23.6. The zero-order chi connectivity index (χ0) is 16.7. The summed E-state index contributed by atoms with van der Waals surface area (Å²) in [5.74, 6) is -0.566. The van der Waals surface area contributed by atoms with Crippen LogP contribution in [0.3, 0.4) is 0 Å². The van der Waals surface area contributed by atoms with Crippen LogP contribution in [0.25, 0.3) is 0 Å². The smallest absolute Gasteiger partial charge is 0.337 e. The summed E-state index contributed by atoms with van der Waals surface area (Å²) in [5, 5.41) is 2.81. The maximum atomic E-state index is 12.2. The molecule has 2 aromatic carbocycles. The number of benzene rings is 2. The molecule has 0 aliphatic carbocycles. The molecule has 0 spiro atoms. The molecule has 0 heterocycles. The van der Waals surface area contributed by atoms with Gasteiger partial charge in [0.1, 0.15) is 0 Å². The number of methoxy groups -OCH3 is 1. The van der Waals surface area contributed by atoms with Gasteiger partial charge in [0.15, 0.2) is 0 Å². The standard InChI is InChI=1S/C19H21NO3/c1-3-4-5-14-6-8-15(9-7-14)18(21)20-17-12-10-16(11-13-17)19(22)23-2/h6-13H,3-5H2,1-2H3,(H,20,21). The van der Waals surface area contributed by atoms with Crippen LogP contribution in [-0.2, 0) is 11.2 Å². The Morgan fingerprint density at radius 2 is 1.57 bits per heavy atom. The summed E-state index contributed by atoms with van der Waals surface area (Å²) < 4.78 is 4.64. The summed E-state index contributed by atoms with van der Waals surface area (Å²) in [6.45, 7) is 2.16. The molecule has 23 heavy (non-hydrogen) atoms. The lowest BCUT2D eigenvalue weighted by Gasteiger charge is -2.07. The van der Waals surface area contributed by atoms with Gasteiger partial charge in [-0.3, -0.25) is 4.79 Å². The SMILES string of the molecule is CCCCc1ccc(C(=O)Nc2ccc(C(=O)OC)cc2)cc1. The van der Waals surface area contributed by atoms with E-state index in [0.717, 1.165) is 19.3 Å². The number of esters is 1. The highest BCUT2D eigenvalue weighted by Gasteiger charge is 2.08. The highest BCUT2D eigenvalue weighted by molar-refractivity contribution is 6.04. The second-order valence-corrected chi connectivity index (χ2v) is 5.32. The topological polar surface area (TPSA) is 55.4 Å². The highest BCUT2D eigenvalue weighted by atomic mass is 16.5. The summed E-state index contributed by atoms with van der Waals surface area (Å²) in [6, 6.07) is 14.3. The fraction of sp³-hybridized carbons (Fsp3) is 0.263. The van der Waals surface area contributed by atoms with Crippen LogP contribution in [0.2, 0.25) is 0 Å². The Morgan fingerprint density at radius 1 is 0.957 bits per heavy atom. The first kappa shape index (κ1) is 16.7. The molecule has 0 saturated carbocycles. The molecule has 0 saturated heterocycles. The summed E-state index contributed by atoms with van der Waals surface area (Å²) >= 11 is 0. The maximum Gasteiger partial charge on any atom is 0.337 e. The van der Waals surface area contributed by atoms with E-state index >= 15 is 0 Å². The predicted molar refractivity (Wildman–Crippen MR) is 90.8 cm³/mol. The minimum atomic E-state index is -0.398. The molecule has 120 valence electrons. The average Bonchev–Trinajstić information content (AvgIpc) is 2.60. The number of rotatable bonds is 6. The van der Waals surface area contributed by atoms with Gasteiger partial charge in [-0.15, -0.1) is 0 Å². The molecule has 1 N–H and O–H groups in total. The lowest BCUT2D eigenvalue weighted by atomic mass is 10.1. The van der Waals surface area contributed by atoms with Gasteiger partial charge in [-0.1, -0.05) is 25.5 Å². The van der Waals surface area contributed by atoms with Crippen molar-refractivity contribution in [2.24, 2.45) is 0 Å². The van der Waals surface area contributed by atoms with Crippen LogP contribution in [-0.4, -0.2) is 19.0 Å². The van der Waals surface area contributed by atoms with E-state index in [1.165, 1.54) is 12.7 Å². The van der Waals surface area contributed by atoms with Gasteiger partial charge in [0.05, 0.1) is 12.7 Å². The summed E-state index contributed by atoms with van der Waals surface area (Å²) in [6.07, 6.45) is 3.34. The van der Waals surface area contributed by atoms with Gasteiger partial charge in [-0.05, 0) is 54.8 Å². The van der Waals surface area contributed by atoms with Gasteiger partial charge in [-0.2, -0.15) is 0 Å². The number of hydrogen-bond acceptors (Lipinski definition) is 3. The first-order valence-corrected chi connectivity index (χ1v) is 7.72. The molecular weight excluding hydrogens is 290 g/mol. The van der Waals surface area contributed by atoms with Crippen molar-refractivity contribution in [3.8, 4) is 0 Å². The maximum absolute atomic E-state index is 12.2. The van der Waals surface area contributed by atoms with Crippen molar-refractivity contribution in [2.75, 3.05) is 12.4 Å². The first-order chi connectivity index (χ1) is 11.1. The fourth-order valence-electron chi connectivity index (χ4n) is 2.21. The van der Waals surface area contributed by atoms with Crippen molar-refractivity contribution in [3.05, 3.63) is 65.2 Å². The van der Waals surface area contributed by atoms with Crippen LogP contribution in [0.15, 0.2) is 48.5 Å². The summed E-state index contributed by atoms with van der Waals surface area (Å²) in [5.41, 5.74) is 2.94. The van der Waals surface area contributed by atoms with Gasteiger partial charge in [0.2, 0.25) is 0 Å². The van der Waals surface area contributed by atoms with Gasteiger partial charge < -0.3 is 10.1 Å². The van der Waals surface area contributed by atoms with E-state index in [0.29, 0.717) is 16.8 Å². The Bertz CT molecular complexity index is 660. The molecule has 0 aliphatic heterocycles. The molecule has 0 aliphatic rings. The van der Waals surface area contributed by atoms with Crippen LogP contribution in [0.4, 0.5) is 5.69 Å². The van der Waals surface area contributed by atoms with Crippen molar-refractivity contribution in [1.82, 2.24) is 0 Å². The predicted octanol–water partition coefficient (Wildman–Crippen LogP) is 4.07. The van der Waals surface area contributed by atoms with Crippen molar-refractivity contribution in [1.29, 1.82) is 0 Å². The third kappa shape index (κ3) is 4.68. The van der Waals surface area contributed by atoms with Crippen LogP contribution in [0, 0.1) is 0 Å². The number of ether oxygens (including phenoxy) is 1. The average molecular weight is 311 g/mol. The molecule has 0 fully saturated rings. The second kappa shape index (κ2) is 8.13. The van der Waals surface area contributed by atoms with Crippen LogP contribution in [0.5, 0.6) is 0 Å². The number of anilines is 1. The molecule has 1 amide bonds. The summed E-state index contributed by atoms with van der Waals surface area (Å²) in [7, 11) is 1.34. The Balaban J connectivity index is 1.99. The Morgan fingerprint density at radius 3 is 2.13 bits per heavy atom. The number of hydrogen-bond donors (Lipinski definition) is 1. The van der Waals surface area contributed by atoms with Gasteiger partial charge >= 0.3 is 5.97 Å². The zero-order valence-corrected chi connectivity index (χ0v) is 13.5. The van der Waals surface area contributed by atoms with Crippen molar-refractivity contribution in [3.63, 3.8) is 0 Å². The molecule has 0 unspecified atom stereocenters.